The highest BCUT2D eigenvalue weighted by molar-refractivity contribution is 7.90. The van der Waals surface area contributed by atoms with Gasteiger partial charge in [0, 0.05) is 29.8 Å². The van der Waals surface area contributed by atoms with Gasteiger partial charge in [-0.1, -0.05) is 19.1 Å². The van der Waals surface area contributed by atoms with Gasteiger partial charge in [0.1, 0.15) is 14.8 Å². The summed E-state index contributed by atoms with van der Waals surface area (Å²) in [5.41, 5.74) is 2.34. The Morgan fingerprint density at radius 2 is 1.96 bits per heavy atom. The predicted octanol–water partition coefficient (Wildman–Crippen LogP) is 2.85. The molecule has 2 aromatic rings. The van der Waals surface area contributed by atoms with Crippen molar-refractivity contribution in [1.29, 1.82) is 0 Å². The Balaban J connectivity index is 2.10. The van der Waals surface area contributed by atoms with Gasteiger partial charge in [-0.3, -0.25) is 4.90 Å². The van der Waals surface area contributed by atoms with Crippen LogP contribution in [0, 0.1) is 0 Å². The number of benzene rings is 1. The van der Waals surface area contributed by atoms with E-state index >= 15 is 0 Å². The number of esters is 1. The first-order chi connectivity index (χ1) is 12.2. The summed E-state index contributed by atoms with van der Waals surface area (Å²) in [4.78, 5) is 18.2. The molecular formula is C18H24N2O4S2. The third-order valence-corrected chi connectivity index (χ3v) is 6.07. The van der Waals surface area contributed by atoms with Crippen LogP contribution < -0.4 is 0 Å². The van der Waals surface area contributed by atoms with Crippen LogP contribution in [-0.2, 0) is 21.1 Å². The van der Waals surface area contributed by atoms with E-state index < -0.39 is 9.84 Å². The van der Waals surface area contributed by atoms with E-state index in [9.17, 15) is 13.2 Å². The van der Waals surface area contributed by atoms with E-state index in [-0.39, 0.29) is 17.8 Å². The Hall–Kier alpha value is -1.77. The third kappa shape index (κ3) is 5.62. The van der Waals surface area contributed by atoms with Crippen molar-refractivity contribution in [2.45, 2.75) is 26.4 Å². The van der Waals surface area contributed by atoms with Crippen LogP contribution in [0.1, 0.15) is 29.9 Å². The molecule has 1 aromatic carbocycles. The number of thiazole rings is 1. The molecule has 0 aliphatic heterocycles. The normalized spacial score (nSPS) is 13.0. The fraction of sp³-hybridized carbons (Fsp3) is 0.444. The van der Waals surface area contributed by atoms with Gasteiger partial charge < -0.3 is 4.74 Å². The monoisotopic (exact) mass is 396 g/mol. The average Bonchev–Trinajstić information content (AvgIpc) is 3.06. The van der Waals surface area contributed by atoms with Crippen molar-refractivity contribution in [2.24, 2.45) is 0 Å². The molecule has 1 unspecified atom stereocenters. The van der Waals surface area contributed by atoms with Crippen molar-refractivity contribution >= 4 is 27.1 Å². The molecule has 8 heteroatoms. The van der Waals surface area contributed by atoms with Gasteiger partial charge in [-0.25, -0.2) is 18.2 Å². The molecular weight excluding hydrogens is 372 g/mol. The second-order valence-corrected chi connectivity index (χ2v) is 9.26. The van der Waals surface area contributed by atoms with Gasteiger partial charge in [-0.2, -0.15) is 0 Å². The Morgan fingerprint density at radius 3 is 2.50 bits per heavy atom. The highest BCUT2D eigenvalue weighted by atomic mass is 32.2. The van der Waals surface area contributed by atoms with E-state index in [0.29, 0.717) is 12.1 Å². The quantitative estimate of drug-likeness (QED) is 0.639. The molecule has 0 spiro atoms. The highest BCUT2D eigenvalue weighted by Gasteiger charge is 2.18. The molecule has 0 radical (unpaired) electrons. The molecule has 1 aromatic heterocycles. The van der Waals surface area contributed by atoms with Crippen LogP contribution >= 0.6 is 11.3 Å². The van der Waals surface area contributed by atoms with Gasteiger partial charge in [-0.05, 0) is 25.6 Å². The van der Waals surface area contributed by atoms with Crippen LogP contribution in [0.25, 0.3) is 10.6 Å². The molecule has 0 bridgehead atoms. The molecule has 0 saturated carbocycles. The maximum Gasteiger partial charge on any atom is 0.337 e. The largest absolute Gasteiger partial charge is 0.465 e. The number of hydrogen-bond acceptors (Lipinski definition) is 7. The van der Waals surface area contributed by atoms with Gasteiger partial charge in [-0.15, -0.1) is 11.3 Å². The fourth-order valence-corrected chi connectivity index (χ4v) is 4.61. The van der Waals surface area contributed by atoms with Crippen LogP contribution in [0.2, 0.25) is 0 Å². The zero-order valence-corrected chi connectivity index (χ0v) is 17.1. The molecule has 0 aliphatic carbocycles. The molecule has 0 saturated heterocycles. The van der Waals surface area contributed by atoms with Crippen molar-refractivity contribution in [3.63, 3.8) is 0 Å². The maximum absolute atomic E-state index is 11.5. The third-order valence-electron chi connectivity index (χ3n) is 4.04. The lowest BCUT2D eigenvalue weighted by Gasteiger charge is -2.26. The molecule has 26 heavy (non-hydrogen) atoms. The Morgan fingerprint density at radius 1 is 1.31 bits per heavy atom. The van der Waals surface area contributed by atoms with Crippen LogP contribution in [0.5, 0.6) is 0 Å². The minimum atomic E-state index is -3.02. The molecule has 2 rings (SSSR count). The average molecular weight is 397 g/mol. The van der Waals surface area contributed by atoms with Crippen LogP contribution in [0.4, 0.5) is 0 Å². The van der Waals surface area contributed by atoms with Crippen LogP contribution in [0.3, 0.4) is 0 Å². The summed E-state index contributed by atoms with van der Waals surface area (Å²) in [5, 5.41) is 2.85. The Kier molecular flexibility index (Phi) is 6.91. The summed E-state index contributed by atoms with van der Waals surface area (Å²) in [6, 6.07) is 7.06. The van der Waals surface area contributed by atoms with Gasteiger partial charge >= 0.3 is 5.97 Å². The summed E-state index contributed by atoms with van der Waals surface area (Å²) in [6.45, 7) is 5.28. The second kappa shape index (κ2) is 8.75. The molecule has 1 heterocycles. The predicted molar refractivity (Wildman–Crippen MR) is 104 cm³/mol. The first-order valence-electron chi connectivity index (χ1n) is 8.28. The zero-order valence-electron chi connectivity index (χ0n) is 15.4. The molecule has 1 atom stereocenters. The molecule has 0 amide bonds. The van der Waals surface area contributed by atoms with Crippen LogP contribution in [-0.4, -0.2) is 56.0 Å². The lowest BCUT2D eigenvalue weighted by molar-refractivity contribution is 0.0600. The lowest BCUT2D eigenvalue weighted by Crippen LogP contribution is -2.37. The van der Waals surface area contributed by atoms with E-state index in [1.54, 1.807) is 12.1 Å². The van der Waals surface area contributed by atoms with E-state index in [4.69, 9.17) is 4.74 Å². The van der Waals surface area contributed by atoms with E-state index in [2.05, 4.69) is 9.88 Å². The number of carbonyl (C=O) groups is 1. The summed E-state index contributed by atoms with van der Waals surface area (Å²) in [7, 11) is -1.66. The Bertz CT molecular complexity index is 844. The smallest absolute Gasteiger partial charge is 0.337 e. The van der Waals surface area contributed by atoms with Crippen molar-refractivity contribution in [1.82, 2.24) is 9.88 Å². The fourth-order valence-electron chi connectivity index (χ4n) is 2.71. The number of rotatable bonds is 8. The number of nitrogens with zero attached hydrogens (tertiary/aromatic N) is 2. The van der Waals surface area contributed by atoms with E-state index in [1.807, 2.05) is 31.4 Å². The zero-order chi connectivity index (χ0) is 19.3. The minimum Gasteiger partial charge on any atom is -0.465 e. The molecule has 0 N–H and O–H groups in total. The standard InChI is InChI=1S/C18H24N2O4S2/c1-5-20(13(2)12-26(4,22)23)10-16-11-25-17(19-16)14-6-8-15(9-7-14)18(21)24-3/h6-9,11,13H,5,10,12H2,1-4H3. The SMILES string of the molecule is CCN(Cc1csc(-c2ccc(C(=O)OC)cc2)n1)C(C)CS(C)(=O)=O. The first-order valence-corrected chi connectivity index (χ1v) is 11.2. The topological polar surface area (TPSA) is 76.6 Å². The summed E-state index contributed by atoms with van der Waals surface area (Å²) >= 11 is 1.53. The molecule has 0 aliphatic rings. The number of methoxy groups -OCH3 is 1. The van der Waals surface area contributed by atoms with Crippen molar-refractivity contribution < 1.29 is 17.9 Å². The number of carbonyl (C=O) groups excluding carboxylic acids is 1. The van der Waals surface area contributed by atoms with E-state index in [0.717, 1.165) is 22.8 Å². The van der Waals surface area contributed by atoms with Crippen molar-refractivity contribution in [3.05, 3.63) is 40.9 Å². The highest BCUT2D eigenvalue weighted by Crippen LogP contribution is 2.25. The van der Waals surface area contributed by atoms with Crippen molar-refractivity contribution in [3.8, 4) is 10.6 Å². The second-order valence-electron chi connectivity index (χ2n) is 6.22. The summed E-state index contributed by atoms with van der Waals surface area (Å²) < 4.78 is 27.8. The first kappa shape index (κ1) is 20.5. The number of sulfone groups is 1. The molecule has 6 nitrogen and oxygen atoms in total. The number of hydrogen-bond donors (Lipinski definition) is 0. The van der Waals surface area contributed by atoms with Gasteiger partial charge in [0.25, 0.3) is 0 Å². The summed E-state index contributed by atoms with van der Waals surface area (Å²) in [5.74, 6) is -0.234. The maximum atomic E-state index is 11.5. The molecule has 0 fully saturated rings. The van der Waals surface area contributed by atoms with Crippen molar-refractivity contribution in [2.75, 3.05) is 25.7 Å². The Labute approximate surface area is 158 Å². The summed E-state index contributed by atoms with van der Waals surface area (Å²) in [6.07, 6.45) is 1.26. The minimum absolute atomic E-state index is 0.0699. The number of ether oxygens (including phenoxy) is 1. The van der Waals surface area contributed by atoms with E-state index in [1.165, 1.54) is 24.7 Å². The van der Waals surface area contributed by atoms with Crippen LogP contribution in [0.15, 0.2) is 29.6 Å². The molecule has 142 valence electrons. The lowest BCUT2D eigenvalue weighted by atomic mass is 10.1. The van der Waals surface area contributed by atoms with Gasteiger partial charge in [0.05, 0.1) is 24.1 Å². The van der Waals surface area contributed by atoms with Gasteiger partial charge in [0.2, 0.25) is 0 Å². The van der Waals surface area contributed by atoms with Gasteiger partial charge in [0.15, 0.2) is 0 Å². The number of aromatic nitrogens is 1.